The molecular formula is C20H13N3O. The van der Waals surface area contributed by atoms with Crippen molar-refractivity contribution in [1.29, 1.82) is 0 Å². The Morgan fingerprint density at radius 3 is 2.50 bits per heavy atom. The zero-order chi connectivity index (χ0) is 15.8. The number of nitrogens with zero attached hydrogens (tertiary/aromatic N) is 3. The molecular weight excluding hydrogens is 298 g/mol. The standard InChI is InChI=1S/C20H13N3O/c1-22-14-7-3-4-8-15(14)23-16-11-10-13-12-6-2-5-9-17(12)24-19(13)18(16)21-20(22)23/h2-11H,1H3. The Morgan fingerprint density at radius 1 is 0.792 bits per heavy atom. The summed E-state index contributed by atoms with van der Waals surface area (Å²) in [5, 5.41) is 2.25. The van der Waals surface area contributed by atoms with Gasteiger partial charge in [0.2, 0.25) is 5.78 Å². The molecule has 4 heteroatoms. The smallest absolute Gasteiger partial charge is 0.215 e. The van der Waals surface area contributed by atoms with Crippen LogP contribution >= 0.6 is 0 Å². The van der Waals surface area contributed by atoms with Gasteiger partial charge in [-0.3, -0.25) is 4.40 Å². The van der Waals surface area contributed by atoms with Crippen LogP contribution in [0.1, 0.15) is 0 Å². The highest BCUT2D eigenvalue weighted by Gasteiger charge is 2.18. The van der Waals surface area contributed by atoms with Gasteiger partial charge in [0.15, 0.2) is 5.58 Å². The molecule has 24 heavy (non-hydrogen) atoms. The van der Waals surface area contributed by atoms with Gasteiger partial charge in [-0.1, -0.05) is 30.3 Å². The number of para-hydroxylation sites is 3. The second kappa shape index (κ2) is 3.97. The molecule has 0 aliphatic heterocycles. The van der Waals surface area contributed by atoms with Gasteiger partial charge in [-0.05, 0) is 30.3 Å². The molecule has 0 N–H and O–H groups in total. The monoisotopic (exact) mass is 311 g/mol. The molecule has 0 amide bonds. The first-order valence-corrected chi connectivity index (χ1v) is 7.99. The molecule has 6 rings (SSSR count). The van der Waals surface area contributed by atoms with Crippen LogP contribution in [0.5, 0.6) is 0 Å². The predicted molar refractivity (Wildman–Crippen MR) is 96.5 cm³/mol. The van der Waals surface area contributed by atoms with E-state index in [1.807, 2.05) is 18.2 Å². The van der Waals surface area contributed by atoms with Gasteiger partial charge >= 0.3 is 0 Å². The topological polar surface area (TPSA) is 35.4 Å². The van der Waals surface area contributed by atoms with Crippen molar-refractivity contribution in [2.45, 2.75) is 0 Å². The summed E-state index contributed by atoms with van der Waals surface area (Å²) < 4.78 is 10.5. The first kappa shape index (κ1) is 12.2. The maximum absolute atomic E-state index is 6.13. The van der Waals surface area contributed by atoms with Gasteiger partial charge in [-0.25, -0.2) is 4.98 Å². The highest BCUT2D eigenvalue weighted by molar-refractivity contribution is 6.14. The van der Waals surface area contributed by atoms with Crippen molar-refractivity contribution in [1.82, 2.24) is 14.0 Å². The molecule has 0 saturated heterocycles. The van der Waals surface area contributed by atoms with Crippen molar-refractivity contribution in [2.24, 2.45) is 7.05 Å². The van der Waals surface area contributed by atoms with E-state index in [2.05, 4.69) is 58.5 Å². The lowest BCUT2D eigenvalue weighted by molar-refractivity contribution is 0.672. The second-order valence-electron chi connectivity index (χ2n) is 6.20. The Morgan fingerprint density at radius 2 is 1.58 bits per heavy atom. The van der Waals surface area contributed by atoms with Crippen LogP contribution in [0.4, 0.5) is 0 Å². The minimum absolute atomic E-state index is 0.862. The molecule has 3 aromatic heterocycles. The lowest BCUT2D eigenvalue weighted by Crippen LogP contribution is -1.87. The molecule has 3 aromatic carbocycles. The third-order valence-electron chi connectivity index (χ3n) is 4.94. The molecule has 0 atom stereocenters. The fourth-order valence-electron chi connectivity index (χ4n) is 3.82. The van der Waals surface area contributed by atoms with Gasteiger partial charge in [-0.2, -0.15) is 0 Å². The number of benzene rings is 3. The van der Waals surface area contributed by atoms with E-state index in [4.69, 9.17) is 9.40 Å². The Kier molecular flexibility index (Phi) is 2.02. The number of fused-ring (bicyclic) bond motifs is 9. The average molecular weight is 311 g/mol. The molecule has 6 aromatic rings. The number of aromatic nitrogens is 3. The Balaban J connectivity index is 1.91. The third kappa shape index (κ3) is 1.28. The normalized spacial score (nSPS) is 12.4. The maximum Gasteiger partial charge on any atom is 0.215 e. The van der Waals surface area contributed by atoms with Gasteiger partial charge in [0.1, 0.15) is 11.1 Å². The van der Waals surface area contributed by atoms with E-state index in [0.717, 1.165) is 44.3 Å². The van der Waals surface area contributed by atoms with Crippen molar-refractivity contribution in [2.75, 3.05) is 0 Å². The fraction of sp³-hybridized carbons (Fsp3) is 0.0500. The highest BCUT2D eigenvalue weighted by atomic mass is 16.3. The number of hydrogen-bond donors (Lipinski definition) is 0. The summed E-state index contributed by atoms with van der Waals surface area (Å²) in [5.74, 6) is 0.930. The quantitative estimate of drug-likeness (QED) is 0.401. The van der Waals surface area contributed by atoms with E-state index in [1.54, 1.807) is 0 Å². The van der Waals surface area contributed by atoms with E-state index in [0.29, 0.717) is 0 Å². The van der Waals surface area contributed by atoms with Crippen molar-refractivity contribution in [3.8, 4) is 0 Å². The molecule has 0 aliphatic rings. The zero-order valence-corrected chi connectivity index (χ0v) is 13.0. The van der Waals surface area contributed by atoms with Crippen LogP contribution in [0.15, 0.2) is 65.1 Å². The van der Waals surface area contributed by atoms with Gasteiger partial charge in [0.05, 0.1) is 16.6 Å². The van der Waals surface area contributed by atoms with Crippen molar-refractivity contribution < 1.29 is 4.42 Å². The summed E-state index contributed by atoms with van der Waals surface area (Å²) in [6.45, 7) is 0. The largest absolute Gasteiger partial charge is 0.454 e. The van der Waals surface area contributed by atoms with Gasteiger partial charge in [0, 0.05) is 17.8 Å². The molecule has 0 fully saturated rings. The molecule has 0 bridgehead atoms. The van der Waals surface area contributed by atoms with Crippen LogP contribution in [0.2, 0.25) is 0 Å². The molecule has 0 unspecified atom stereocenters. The van der Waals surface area contributed by atoms with E-state index in [9.17, 15) is 0 Å². The van der Waals surface area contributed by atoms with Gasteiger partial charge in [0.25, 0.3) is 0 Å². The van der Waals surface area contributed by atoms with E-state index in [1.165, 1.54) is 5.52 Å². The number of furan rings is 1. The van der Waals surface area contributed by atoms with E-state index >= 15 is 0 Å². The maximum atomic E-state index is 6.13. The average Bonchev–Trinajstić information content (AvgIpc) is 3.26. The minimum Gasteiger partial charge on any atom is -0.454 e. The Hall–Kier alpha value is -3.27. The predicted octanol–water partition coefficient (Wildman–Crippen LogP) is 4.88. The second-order valence-corrected chi connectivity index (χ2v) is 6.20. The molecule has 0 saturated carbocycles. The molecule has 114 valence electrons. The molecule has 0 spiro atoms. The van der Waals surface area contributed by atoms with Crippen LogP contribution in [0.3, 0.4) is 0 Å². The number of aryl methyl sites for hydroxylation is 1. The first-order valence-electron chi connectivity index (χ1n) is 7.99. The molecule has 3 heterocycles. The van der Waals surface area contributed by atoms with Crippen molar-refractivity contribution in [3.63, 3.8) is 0 Å². The molecule has 4 nitrogen and oxygen atoms in total. The Bertz CT molecular complexity index is 1410. The van der Waals surface area contributed by atoms with Gasteiger partial charge < -0.3 is 8.98 Å². The highest BCUT2D eigenvalue weighted by Crippen LogP contribution is 2.35. The van der Waals surface area contributed by atoms with Crippen LogP contribution in [-0.4, -0.2) is 14.0 Å². The van der Waals surface area contributed by atoms with E-state index in [-0.39, 0.29) is 0 Å². The third-order valence-corrected chi connectivity index (χ3v) is 4.94. The number of rotatable bonds is 0. The van der Waals surface area contributed by atoms with Crippen molar-refractivity contribution in [3.05, 3.63) is 60.7 Å². The summed E-state index contributed by atoms with van der Waals surface area (Å²) >= 11 is 0. The van der Waals surface area contributed by atoms with Crippen LogP contribution in [-0.2, 0) is 7.05 Å². The fourth-order valence-corrected chi connectivity index (χ4v) is 3.82. The van der Waals surface area contributed by atoms with Crippen LogP contribution in [0, 0.1) is 0 Å². The summed E-state index contributed by atoms with van der Waals surface area (Å²) in [6.07, 6.45) is 0. The summed E-state index contributed by atoms with van der Waals surface area (Å²) in [5.41, 5.74) is 6.09. The van der Waals surface area contributed by atoms with Crippen LogP contribution < -0.4 is 0 Å². The van der Waals surface area contributed by atoms with Crippen LogP contribution in [0.25, 0.3) is 49.8 Å². The summed E-state index contributed by atoms with van der Waals surface area (Å²) in [7, 11) is 2.05. The summed E-state index contributed by atoms with van der Waals surface area (Å²) in [6, 6.07) is 20.8. The lowest BCUT2D eigenvalue weighted by atomic mass is 10.1. The number of imidazole rings is 2. The Labute approximate surface area is 136 Å². The summed E-state index contributed by atoms with van der Waals surface area (Å²) in [4.78, 5) is 4.91. The first-order chi connectivity index (χ1) is 11.8. The van der Waals surface area contributed by atoms with Gasteiger partial charge in [-0.15, -0.1) is 0 Å². The van der Waals surface area contributed by atoms with E-state index < -0.39 is 0 Å². The number of hydrogen-bond acceptors (Lipinski definition) is 2. The zero-order valence-electron chi connectivity index (χ0n) is 13.0. The molecule has 0 aliphatic carbocycles. The SMILES string of the molecule is Cn1c2ccccc2n2c3ccc4c5ccccc5oc4c3nc12. The lowest BCUT2D eigenvalue weighted by Gasteiger charge is -1.95. The van der Waals surface area contributed by atoms with Crippen molar-refractivity contribution >= 4 is 49.8 Å². The minimum atomic E-state index is 0.862. The molecule has 0 radical (unpaired) electrons.